The first kappa shape index (κ1) is 17.4. The fraction of sp³-hybridized carbons (Fsp3) is 0.235. The molecule has 0 radical (unpaired) electrons. The van der Waals surface area contributed by atoms with Crippen LogP contribution in [0.3, 0.4) is 0 Å². The van der Waals surface area contributed by atoms with Gasteiger partial charge in [-0.15, -0.1) is 11.3 Å². The van der Waals surface area contributed by atoms with Crippen LogP contribution in [0.4, 0.5) is 0 Å². The highest BCUT2D eigenvalue weighted by atomic mass is 35.5. The van der Waals surface area contributed by atoms with Crippen molar-refractivity contribution in [3.63, 3.8) is 0 Å². The fourth-order valence-electron chi connectivity index (χ4n) is 2.80. The molecule has 0 bridgehead atoms. The minimum atomic E-state index is -1.02. The first-order valence-corrected chi connectivity index (χ1v) is 8.83. The van der Waals surface area contributed by atoms with Crippen LogP contribution in [0.5, 0.6) is 0 Å². The Bertz CT molecular complexity index is 877. The Balaban J connectivity index is 1.69. The zero-order valence-electron chi connectivity index (χ0n) is 13.0. The van der Waals surface area contributed by atoms with Gasteiger partial charge in [0.2, 0.25) is 5.91 Å². The lowest BCUT2D eigenvalue weighted by Crippen LogP contribution is -2.47. The summed E-state index contributed by atoms with van der Waals surface area (Å²) in [5, 5.41) is 10.3. The molecule has 2 atom stereocenters. The van der Waals surface area contributed by atoms with Gasteiger partial charge in [-0.05, 0) is 18.9 Å². The Morgan fingerprint density at radius 1 is 1.08 bits per heavy atom. The van der Waals surface area contributed by atoms with Gasteiger partial charge in [0.1, 0.15) is 4.88 Å². The van der Waals surface area contributed by atoms with Crippen LogP contribution in [0.15, 0.2) is 36.4 Å². The molecule has 25 heavy (non-hydrogen) atoms. The zero-order chi connectivity index (χ0) is 18.0. The standard InChI is InChI=1S/C17H15ClN2O4S/c18-13-11-7-3-4-8-12(11)25-14(13)16(22)20-19-15(21)9-5-1-2-6-10(9)17(23)24/h1-4,7-10H,5-6H2,(H,19,21)(H,20,22)(H,23,24)/t9-,10+/m0/s1. The molecule has 0 saturated heterocycles. The molecule has 0 fully saturated rings. The molecule has 0 unspecified atom stereocenters. The molecule has 0 saturated carbocycles. The molecule has 0 spiro atoms. The van der Waals surface area contributed by atoms with Crippen molar-refractivity contribution in [3.8, 4) is 0 Å². The van der Waals surface area contributed by atoms with E-state index in [1.165, 1.54) is 11.3 Å². The van der Waals surface area contributed by atoms with E-state index in [1.807, 2.05) is 24.3 Å². The Hall–Kier alpha value is -2.38. The molecule has 1 aromatic heterocycles. The van der Waals surface area contributed by atoms with Crippen molar-refractivity contribution in [2.45, 2.75) is 12.8 Å². The Morgan fingerprint density at radius 2 is 1.76 bits per heavy atom. The number of allylic oxidation sites excluding steroid dienone is 2. The predicted molar refractivity (Wildman–Crippen MR) is 95.4 cm³/mol. The first-order valence-electron chi connectivity index (χ1n) is 7.64. The normalized spacial score (nSPS) is 19.6. The Labute approximate surface area is 152 Å². The molecule has 1 heterocycles. The van der Waals surface area contributed by atoms with Gasteiger partial charge in [0.25, 0.3) is 5.91 Å². The average molecular weight is 379 g/mol. The third kappa shape index (κ3) is 3.52. The molecule has 6 nitrogen and oxygen atoms in total. The second kappa shape index (κ2) is 7.25. The summed E-state index contributed by atoms with van der Waals surface area (Å²) in [5.41, 5.74) is 4.65. The molecule has 130 valence electrons. The van der Waals surface area contributed by atoms with Gasteiger partial charge in [-0.25, -0.2) is 0 Å². The number of benzene rings is 1. The van der Waals surface area contributed by atoms with Crippen LogP contribution in [-0.4, -0.2) is 22.9 Å². The highest BCUT2D eigenvalue weighted by Crippen LogP contribution is 2.35. The maximum absolute atomic E-state index is 12.3. The van der Waals surface area contributed by atoms with E-state index in [-0.39, 0.29) is 0 Å². The molecular formula is C17H15ClN2O4S. The summed E-state index contributed by atoms with van der Waals surface area (Å²) in [6.45, 7) is 0. The third-order valence-corrected chi connectivity index (χ3v) is 5.80. The maximum Gasteiger partial charge on any atom is 0.307 e. The van der Waals surface area contributed by atoms with E-state index in [4.69, 9.17) is 11.6 Å². The lowest BCUT2D eigenvalue weighted by molar-refractivity contribution is -0.147. The largest absolute Gasteiger partial charge is 0.481 e. The number of hydrogen-bond acceptors (Lipinski definition) is 4. The van der Waals surface area contributed by atoms with Crippen molar-refractivity contribution in [1.82, 2.24) is 10.9 Å². The van der Waals surface area contributed by atoms with Crippen molar-refractivity contribution in [1.29, 1.82) is 0 Å². The topological polar surface area (TPSA) is 95.5 Å². The van der Waals surface area contributed by atoms with E-state index in [0.29, 0.717) is 22.7 Å². The van der Waals surface area contributed by atoms with Crippen LogP contribution >= 0.6 is 22.9 Å². The maximum atomic E-state index is 12.3. The monoisotopic (exact) mass is 378 g/mol. The highest BCUT2D eigenvalue weighted by molar-refractivity contribution is 7.21. The van der Waals surface area contributed by atoms with E-state index in [9.17, 15) is 19.5 Å². The number of carboxylic acid groups (broad SMARTS) is 1. The molecular weight excluding hydrogens is 364 g/mol. The summed E-state index contributed by atoms with van der Waals surface area (Å²) in [6, 6.07) is 7.34. The van der Waals surface area contributed by atoms with Gasteiger partial charge in [-0.2, -0.15) is 0 Å². The molecule has 1 aromatic carbocycles. The molecule has 3 N–H and O–H groups in total. The number of hydrazine groups is 1. The first-order chi connectivity index (χ1) is 12.0. The lowest BCUT2D eigenvalue weighted by Gasteiger charge is -2.24. The van der Waals surface area contributed by atoms with Crippen molar-refractivity contribution < 1.29 is 19.5 Å². The molecule has 2 amide bonds. The fourth-order valence-corrected chi connectivity index (χ4v) is 4.22. The van der Waals surface area contributed by atoms with Crippen LogP contribution in [0.1, 0.15) is 22.5 Å². The second-order valence-corrected chi connectivity index (χ2v) is 7.11. The third-order valence-electron chi connectivity index (χ3n) is 4.13. The average Bonchev–Trinajstić information content (AvgIpc) is 2.96. The van der Waals surface area contributed by atoms with E-state index >= 15 is 0 Å². The summed E-state index contributed by atoms with van der Waals surface area (Å²) in [7, 11) is 0. The predicted octanol–water partition coefficient (Wildman–Crippen LogP) is 2.98. The number of nitrogens with one attached hydrogen (secondary N) is 2. The highest BCUT2D eigenvalue weighted by Gasteiger charge is 2.34. The Kier molecular flexibility index (Phi) is 5.06. The van der Waals surface area contributed by atoms with Crippen LogP contribution in [0.2, 0.25) is 5.02 Å². The quantitative estimate of drug-likeness (QED) is 0.565. The molecule has 3 rings (SSSR count). The van der Waals surface area contributed by atoms with Gasteiger partial charge in [0, 0.05) is 10.1 Å². The summed E-state index contributed by atoms with van der Waals surface area (Å²) in [6.07, 6.45) is 4.14. The second-order valence-electron chi connectivity index (χ2n) is 5.68. The van der Waals surface area contributed by atoms with Crippen LogP contribution in [0.25, 0.3) is 10.1 Å². The summed E-state index contributed by atoms with van der Waals surface area (Å²) < 4.78 is 0.868. The smallest absolute Gasteiger partial charge is 0.307 e. The van der Waals surface area contributed by atoms with Crippen molar-refractivity contribution in [3.05, 3.63) is 46.3 Å². The van der Waals surface area contributed by atoms with Gasteiger partial charge in [-0.3, -0.25) is 25.2 Å². The van der Waals surface area contributed by atoms with Gasteiger partial charge in [0.05, 0.1) is 16.9 Å². The lowest BCUT2D eigenvalue weighted by atomic mass is 9.82. The van der Waals surface area contributed by atoms with Gasteiger partial charge in [-0.1, -0.05) is 42.0 Å². The number of halogens is 1. The van der Waals surface area contributed by atoms with Gasteiger partial charge in [0.15, 0.2) is 0 Å². The minimum absolute atomic E-state index is 0.293. The summed E-state index contributed by atoms with van der Waals surface area (Å²) in [4.78, 5) is 36.1. The number of carboxylic acids is 1. The number of hydrogen-bond donors (Lipinski definition) is 3. The van der Waals surface area contributed by atoms with E-state index < -0.39 is 29.6 Å². The van der Waals surface area contributed by atoms with E-state index in [1.54, 1.807) is 12.2 Å². The number of thiophene rings is 1. The zero-order valence-corrected chi connectivity index (χ0v) is 14.6. The van der Waals surface area contributed by atoms with Crippen LogP contribution in [0, 0.1) is 11.8 Å². The van der Waals surface area contributed by atoms with E-state index in [2.05, 4.69) is 10.9 Å². The molecule has 8 heteroatoms. The number of carbonyl (C=O) groups excluding carboxylic acids is 2. The van der Waals surface area contributed by atoms with Crippen molar-refractivity contribution in [2.75, 3.05) is 0 Å². The summed E-state index contributed by atoms with van der Waals surface area (Å²) >= 11 is 7.45. The van der Waals surface area contributed by atoms with Crippen LogP contribution in [-0.2, 0) is 9.59 Å². The molecule has 1 aliphatic carbocycles. The summed E-state index contributed by atoms with van der Waals surface area (Å²) in [5.74, 6) is -3.60. The molecule has 1 aliphatic rings. The minimum Gasteiger partial charge on any atom is -0.481 e. The number of amides is 2. The van der Waals surface area contributed by atoms with Gasteiger partial charge < -0.3 is 5.11 Å². The Morgan fingerprint density at radius 3 is 2.44 bits per heavy atom. The number of carbonyl (C=O) groups is 3. The number of rotatable bonds is 3. The number of aliphatic carboxylic acids is 1. The molecule has 0 aliphatic heterocycles. The SMILES string of the molecule is O=C(NNC(=O)[C@H]1CC=CC[C@H]1C(=O)O)c1sc2ccccc2c1Cl. The van der Waals surface area contributed by atoms with Gasteiger partial charge >= 0.3 is 5.97 Å². The van der Waals surface area contributed by atoms with E-state index in [0.717, 1.165) is 10.1 Å². The van der Waals surface area contributed by atoms with Crippen molar-refractivity contribution >= 4 is 50.8 Å². The number of fused-ring (bicyclic) bond motifs is 1. The molecule has 2 aromatic rings. The van der Waals surface area contributed by atoms with Crippen LogP contribution < -0.4 is 10.9 Å². The van der Waals surface area contributed by atoms with Crippen molar-refractivity contribution in [2.24, 2.45) is 11.8 Å².